The van der Waals surface area contributed by atoms with Crippen molar-refractivity contribution in [2.75, 3.05) is 0 Å². The van der Waals surface area contributed by atoms with E-state index in [2.05, 4.69) is 59.9 Å². The van der Waals surface area contributed by atoms with Gasteiger partial charge in [0.1, 0.15) is 0 Å². The lowest BCUT2D eigenvalue weighted by atomic mass is 10.2. The summed E-state index contributed by atoms with van der Waals surface area (Å²) in [7, 11) is -1.57. The van der Waals surface area contributed by atoms with Gasteiger partial charge in [0, 0.05) is 6.10 Å². The van der Waals surface area contributed by atoms with Crippen LogP contribution in [-0.4, -0.2) is 14.4 Å². The fourth-order valence-corrected chi connectivity index (χ4v) is 2.76. The molecule has 0 saturated heterocycles. The SMILES string of the molecule is CCC/C=C/CC(C)O[Si](C)(C)C(C)(C)C. The third kappa shape index (κ3) is 5.85. The minimum atomic E-state index is -1.57. The van der Waals surface area contributed by atoms with E-state index in [1.807, 2.05) is 0 Å². The van der Waals surface area contributed by atoms with E-state index in [0.29, 0.717) is 11.1 Å². The molecule has 0 aliphatic rings. The topological polar surface area (TPSA) is 9.23 Å². The molecule has 0 bridgehead atoms. The Labute approximate surface area is 103 Å². The predicted molar refractivity (Wildman–Crippen MR) is 76.4 cm³/mol. The Bertz CT molecular complexity index is 213. The van der Waals surface area contributed by atoms with Crippen molar-refractivity contribution in [3.8, 4) is 0 Å². The highest BCUT2D eigenvalue weighted by Crippen LogP contribution is 2.37. The molecule has 0 saturated carbocycles. The molecule has 0 heterocycles. The highest BCUT2D eigenvalue weighted by molar-refractivity contribution is 6.74. The third-order valence-electron chi connectivity index (χ3n) is 3.39. The van der Waals surface area contributed by atoms with Gasteiger partial charge in [-0.25, -0.2) is 0 Å². The average molecular weight is 242 g/mol. The van der Waals surface area contributed by atoms with E-state index in [0.717, 1.165) is 6.42 Å². The van der Waals surface area contributed by atoms with Crippen molar-refractivity contribution in [1.29, 1.82) is 0 Å². The van der Waals surface area contributed by atoms with Gasteiger partial charge in [-0.1, -0.05) is 46.3 Å². The molecule has 0 spiro atoms. The van der Waals surface area contributed by atoms with Gasteiger partial charge in [-0.15, -0.1) is 0 Å². The summed E-state index contributed by atoms with van der Waals surface area (Å²) < 4.78 is 6.27. The van der Waals surface area contributed by atoms with E-state index >= 15 is 0 Å². The number of hydrogen-bond acceptors (Lipinski definition) is 1. The number of rotatable bonds is 6. The molecule has 0 radical (unpaired) electrons. The molecule has 2 heteroatoms. The first-order chi connectivity index (χ1) is 7.20. The molecule has 96 valence electrons. The van der Waals surface area contributed by atoms with Crippen LogP contribution in [0.5, 0.6) is 0 Å². The molecule has 0 N–H and O–H groups in total. The minimum absolute atomic E-state index is 0.314. The van der Waals surface area contributed by atoms with Crippen LogP contribution in [-0.2, 0) is 4.43 Å². The Balaban J connectivity index is 4.09. The Kier molecular flexibility index (Phi) is 6.57. The zero-order valence-corrected chi connectivity index (χ0v) is 13.3. The Hall–Kier alpha value is -0.0831. The fourth-order valence-electron chi connectivity index (χ4n) is 1.30. The van der Waals surface area contributed by atoms with Gasteiger partial charge in [0.2, 0.25) is 0 Å². The van der Waals surface area contributed by atoms with Crippen molar-refractivity contribution in [2.24, 2.45) is 0 Å². The van der Waals surface area contributed by atoms with Crippen LogP contribution in [0.1, 0.15) is 53.9 Å². The molecule has 0 aromatic rings. The summed E-state index contributed by atoms with van der Waals surface area (Å²) in [5.74, 6) is 0. The maximum atomic E-state index is 6.27. The lowest BCUT2D eigenvalue weighted by molar-refractivity contribution is 0.202. The molecule has 0 aliphatic carbocycles. The van der Waals surface area contributed by atoms with Gasteiger partial charge in [0.15, 0.2) is 8.32 Å². The van der Waals surface area contributed by atoms with Crippen LogP contribution in [0, 0.1) is 0 Å². The van der Waals surface area contributed by atoms with Gasteiger partial charge >= 0.3 is 0 Å². The smallest absolute Gasteiger partial charge is 0.192 e. The zero-order valence-electron chi connectivity index (χ0n) is 12.3. The van der Waals surface area contributed by atoms with E-state index in [1.54, 1.807) is 0 Å². The molecule has 0 fully saturated rings. The number of unbranched alkanes of at least 4 members (excludes halogenated alkanes) is 1. The van der Waals surface area contributed by atoms with Crippen molar-refractivity contribution >= 4 is 8.32 Å². The monoisotopic (exact) mass is 242 g/mol. The third-order valence-corrected chi connectivity index (χ3v) is 8.00. The van der Waals surface area contributed by atoms with Crippen molar-refractivity contribution in [2.45, 2.75) is 78.1 Å². The molecular formula is C14H30OSi. The van der Waals surface area contributed by atoms with Gasteiger partial charge < -0.3 is 4.43 Å². The van der Waals surface area contributed by atoms with E-state index in [9.17, 15) is 0 Å². The van der Waals surface area contributed by atoms with Gasteiger partial charge in [0.05, 0.1) is 0 Å². The normalized spacial score (nSPS) is 15.7. The van der Waals surface area contributed by atoms with Crippen molar-refractivity contribution in [1.82, 2.24) is 0 Å². The molecule has 16 heavy (non-hydrogen) atoms. The van der Waals surface area contributed by atoms with E-state index < -0.39 is 8.32 Å². The highest BCUT2D eigenvalue weighted by Gasteiger charge is 2.38. The van der Waals surface area contributed by atoms with Gasteiger partial charge in [-0.05, 0) is 37.9 Å². The summed E-state index contributed by atoms with van der Waals surface area (Å²) in [5.41, 5.74) is 0. The summed E-state index contributed by atoms with van der Waals surface area (Å²) in [6, 6.07) is 0. The largest absolute Gasteiger partial charge is 0.414 e. The van der Waals surface area contributed by atoms with E-state index in [-0.39, 0.29) is 0 Å². The van der Waals surface area contributed by atoms with E-state index in [1.165, 1.54) is 12.8 Å². The molecule has 0 aromatic carbocycles. The minimum Gasteiger partial charge on any atom is -0.414 e. The summed E-state index contributed by atoms with van der Waals surface area (Å²) in [5, 5.41) is 0.314. The molecular weight excluding hydrogens is 212 g/mol. The summed E-state index contributed by atoms with van der Waals surface area (Å²) in [4.78, 5) is 0. The van der Waals surface area contributed by atoms with Gasteiger partial charge in [0.25, 0.3) is 0 Å². The average Bonchev–Trinajstić information content (AvgIpc) is 2.10. The lowest BCUT2D eigenvalue weighted by Crippen LogP contribution is -2.43. The van der Waals surface area contributed by atoms with Crippen molar-refractivity contribution < 1.29 is 4.43 Å². The molecule has 1 atom stereocenters. The summed E-state index contributed by atoms with van der Waals surface area (Å²) >= 11 is 0. The van der Waals surface area contributed by atoms with Crippen LogP contribution in [0.25, 0.3) is 0 Å². The standard InChI is InChI=1S/C14H30OSi/c1-8-9-10-11-12-13(2)15-16(6,7)14(3,4)5/h10-11,13H,8-9,12H2,1-7H3/b11-10+. The van der Waals surface area contributed by atoms with E-state index in [4.69, 9.17) is 4.43 Å². The fraction of sp³-hybridized carbons (Fsp3) is 0.857. The maximum absolute atomic E-state index is 6.27. The summed E-state index contributed by atoms with van der Waals surface area (Å²) in [6.07, 6.45) is 8.36. The molecule has 1 unspecified atom stereocenters. The van der Waals surface area contributed by atoms with Gasteiger partial charge in [-0.3, -0.25) is 0 Å². The highest BCUT2D eigenvalue weighted by atomic mass is 28.4. The molecule has 0 aromatic heterocycles. The van der Waals surface area contributed by atoms with Crippen LogP contribution in [0.2, 0.25) is 18.1 Å². The molecule has 0 rings (SSSR count). The Morgan fingerprint density at radius 1 is 1.19 bits per heavy atom. The second kappa shape index (κ2) is 6.60. The van der Waals surface area contributed by atoms with Gasteiger partial charge in [-0.2, -0.15) is 0 Å². The van der Waals surface area contributed by atoms with Crippen molar-refractivity contribution in [3.05, 3.63) is 12.2 Å². The zero-order chi connectivity index (χ0) is 12.8. The quantitative estimate of drug-likeness (QED) is 0.463. The second-order valence-electron chi connectivity index (χ2n) is 6.18. The predicted octanol–water partition coefficient (Wildman–Crippen LogP) is 5.14. The lowest BCUT2D eigenvalue weighted by Gasteiger charge is -2.38. The van der Waals surface area contributed by atoms with Crippen LogP contribution >= 0.6 is 0 Å². The first-order valence-electron chi connectivity index (χ1n) is 6.53. The van der Waals surface area contributed by atoms with Crippen LogP contribution in [0.4, 0.5) is 0 Å². The van der Waals surface area contributed by atoms with Crippen molar-refractivity contribution in [3.63, 3.8) is 0 Å². The molecule has 1 nitrogen and oxygen atoms in total. The first-order valence-corrected chi connectivity index (χ1v) is 9.44. The summed E-state index contributed by atoms with van der Waals surface area (Å²) in [6.45, 7) is 15.9. The molecule has 0 amide bonds. The second-order valence-corrected chi connectivity index (χ2v) is 10.9. The number of allylic oxidation sites excluding steroid dienone is 1. The maximum Gasteiger partial charge on any atom is 0.192 e. The Morgan fingerprint density at radius 3 is 2.19 bits per heavy atom. The van der Waals surface area contributed by atoms with Crippen LogP contribution in [0.3, 0.4) is 0 Å². The Morgan fingerprint density at radius 2 is 1.75 bits per heavy atom. The number of hydrogen-bond donors (Lipinski definition) is 0. The van der Waals surface area contributed by atoms with Crippen LogP contribution < -0.4 is 0 Å². The molecule has 0 aliphatic heterocycles. The van der Waals surface area contributed by atoms with Crippen LogP contribution in [0.15, 0.2) is 12.2 Å². The first kappa shape index (κ1) is 15.9.